The van der Waals surface area contributed by atoms with Crippen LogP contribution >= 0.6 is 0 Å². The third kappa shape index (κ3) is 1.93. The van der Waals surface area contributed by atoms with Crippen molar-refractivity contribution in [2.45, 2.75) is 44.2 Å². The van der Waals surface area contributed by atoms with Crippen LogP contribution in [-0.4, -0.2) is 46.1 Å². The van der Waals surface area contributed by atoms with Crippen LogP contribution in [0.25, 0.3) is 0 Å². The van der Waals surface area contributed by atoms with Crippen LogP contribution in [0.3, 0.4) is 0 Å². The molecule has 2 saturated heterocycles. The second-order valence-electron chi connectivity index (χ2n) is 7.95. The fraction of sp³-hybridized carbons (Fsp3) is 0.381. The standard InChI is InChI=1S/C21H21N3O3/c1-12(2)10-17-21(13-6-3-4-7-14(13)22-20(21)27)11-16-18(25)23-9-5-8-15(23)19(26)24(16)17/h3-4,6-7,10-11,15,17H,5,8-9H2,1-2H3,(H,22,27)/t15-,17+,21+/m1/s1. The van der Waals surface area contributed by atoms with Gasteiger partial charge in [-0.2, -0.15) is 0 Å². The number of piperazine rings is 1. The van der Waals surface area contributed by atoms with E-state index in [-0.39, 0.29) is 17.7 Å². The highest BCUT2D eigenvalue weighted by atomic mass is 16.2. The van der Waals surface area contributed by atoms with Crippen LogP contribution in [-0.2, 0) is 19.8 Å². The minimum atomic E-state index is -1.06. The lowest BCUT2D eigenvalue weighted by molar-refractivity contribution is -0.149. The Kier molecular flexibility index (Phi) is 3.21. The Bertz CT molecular complexity index is 959. The molecule has 4 heterocycles. The number of amides is 3. The van der Waals surface area contributed by atoms with Crippen LogP contribution < -0.4 is 5.32 Å². The molecule has 3 amide bonds. The van der Waals surface area contributed by atoms with Gasteiger partial charge in [0.05, 0.1) is 6.04 Å². The monoisotopic (exact) mass is 363 g/mol. The van der Waals surface area contributed by atoms with Crippen molar-refractivity contribution in [3.05, 3.63) is 53.3 Å². The summed E-state index contributed by atoms with van der Waals surface area (Å²) in [6.07, 6.45) is 5.20. The maximum Gasteiger partial charge on any atom is 0.270 e. The summed E-state index contributed by atoms with van der Waals surface area (Å²) in [5, 5.41) is 2.95. The highest BCUT2D eigenvalue weighted by Gasteiger charge is 2.62. The molecule has 138 valence electrons. The minimum Gasteiger partial charge on any atom is -0.325 e. The number of carbonyl (C=O) groups is 3. The molecule has 6 heteroatoms. The Balaban J connectivity index is 1.76. The van der Waals surface area contributed by atoms with Crippen LogP contribution in [0.1, 0.15) is 32.3 Å². The molecular weight excluding hydrogens is 342 g/mol. The van der Waals surface area contributed by atoms with Crippen molar-refractivity contribution >= 4 is 23.4 Å². The zero-order valence-electron chi connectivity index (χ0n) is 15.4. The number of fused-ring (bicyclic) bond motifs is 4. The lowest BCUT2D eigenvalue weighted by Gasteiger charge is -2.40. The molecule has 1 N–H and O–H groups in total. The van der Waals surface area contributed by atoms with Gasteiger partial charge in [-0.25, -0.2) is 0 Å². The Morgan fingerprint density at radius 1 is 1.22 bits per heavy atom. The lowest BCUT2D eigenvalue weighted by atomic mass is 9.75. The van der Waals surface area contributed by atoms with E-state index in [1.54, 1.807) is 15.9 Å². The van der Waals surface area contributed by atoms with Crippen molar-refractivity contribution in [3.63, 3.8) is 0 Å². The highest BCUT2D eigenvalue weighted by molar-refractivity contribution is 6.14. The van der Waals surface area contributed by atoms with Crippen molar-refractivity contribution in [3.8, 4) is 0 Å². The van der Waals surface area contributed by atoms with Gasteiger partial charge in [0.25, 0.3) is 11.8 Å². The number of carbonyl (C=O) groups excluding carboxylic acids is 3. The van der Waals surface area contributed by atoms with Crippen molar-refractivity contribution in [1.29, 1.82) is 0 Å². The van der Waals surface area contributed by atoms with E-state index >= 15 is 0 Å². The van der Waals surface area contributed by atoms with Crippen molar-refractivity contribution in [1.82, 2.24) is 9.80 Å². The molecule has 5 rings (SSSR count). The second kappa shape index (κ2) is 5.31. The average Bonchev–Trinajstić information content (AvgIpc) is 3.31. The summed E-state index contributed by atoms with van der Waals surface area (Å²) >= 11 is 0. The molecule has 1 aromatic carbocycles. The first kappa shape index (κ1) is 16.3. The van der Waals surface area contributed by atoms with Crippen molar-refractivity contribution in [2.75, 3.05) is 11.9 Å². The fourth-order valence-electron chi connectivity index (χ4n) is 4.98. The number of hydrogen-bond donors (Lipinski definition) is 1. The number of allylic oxidation sites excluding steroid dienone is 1. The van der Waals surface area contributed by atoms with Crippen molar-refractivity contribution in [2.24, 2.45) is 0 Å². The van der Waals surface area contributed by atoms with E-state index in [1.807, 2.05) is 44.2 Å². The van der Waals surface area contributed by atoms with Gasteiger partial charge in [-0.15, -0.1) is 0 Å². The number of nitrogens with one attached hydrogen (secondary N) is 1. The smallest absolute Gasteiger partial charge is 0.270 e. The van der Waals surface area contributed by atoms with E-state index in [0.29, 0.717) is 18.7 Å². The minimum absolute atomic E-state index is 0.0742. The Morgan fingerprint density at radius 2 is 2.00 bits per heavy atom. The van der Waals surface area contributed by atoms with Crippen molar-refractivity contribution < 1.29 is 14.4 Å². The van der Waals surface area contributed by atoms with Gasteiger partial charge in [-0.1, -0.05) is 29.8 Å². The van der Waals surface area contributed by atoms with E-state index in [0.717, 1.165) is 23.2 Å². The number of hydrogen-bond acceptors (Lipinski definition) is 3. The zero-order chi connectivity index (χ0) is 18.9. The molecule has 1 aromatic rings. The first-order valence-electron chi connectivity index (χ1n) is 9.38. The molecular formula is C21H21N3O3. The number of anilines is 1. The van der Waals surface area contributed by atoms with E-state index in [2.05, 4.69) is 5.32 Å². The molecule has 0 aromatic heterocycles. The maximum absolute atomic E-state index is 13.3. The van der Waals surface area contributed by atoms with Crippen LogP contribution in [0.5, 0.6) is 0 Å². The van der Waals surface area contributed by atoms with Gasteiger partial charge in [-0.05, 0) is 44.4 Å². The number of rotatable bonds is 1. The Hall–Kier alpha value is -2.89. The molecule has 6 nitrogen and oxygen atoms in total. The van der Waals surface area contributed by atoms with E-state index in [4.69, 9.17) is 0 Å². The number of nitrogens with zero attached hydrogens (tertiary/aromatic N) is 2. The maximum atomic E-state index is 13.3. The average molecular weight is 363 g/mol. The zero-order valence-corrected chi connectivity index (χ0v) is 15.4. The SMILES string of the molecule is CC(C)=C[C@@H]1N2C(=O)[C@H]3CCCN3C(=O)C2=C[C@@]12C(=O)Nc1ccccc12. The molecule has 4 aliphatic rings. The van der Waals surface area contributed by atoms with Gasteiger partial charge in [0, 0.05) is 12.2 Å². The van der Waals surface area contributed by atoms with Crippen LogP contribution in [0.4, 0.5) is 5.69 Å². The summed E-state index contributed by atoms with van der Waals surface area (Å²) in [5.41, 5.74) is 1.84. The largest absolute Gasteiger partial charge is 0.325 e. The second-order valence-corrected chi connectivity index (χ2v) is 7.95. The van der Waals surface area contributed by atoms with Gasteiger partial charge in [0.15, 0.2) is 0 Å². The van der Waals surface area contributed by atoms with E-state index in [1.165, 1.54) is 0 Å². The quantitative estimate of drug-likeness (QED) is 0.776. The fourth-order valence-corrected chi connectivity index (χ4v) is 4.98. The summed E-state index contributed by atoms with van der Waals surface area (Å²) in [6.45, 7) is 4.49. The third-order valence-corrected chi connectivity index (χ3v) is 6.11. The van der Waals surface area contributed by atoms with Gasteiger partial charge in [0.1, 0.15) is 17.2 Å². The molecule has 1 spiro atoms. The Morgan fingerprint density at radius 3 is 2.78 bits per heavy atom. The molecule has 27 heavy (non-hydrogen) atoms. The highest BCUT2D eigenvalue weighted by Crippen LogP contribution is 2.51. The molecule has 0 radical (unpaired) electrons. The molecule has 2 fully saturated rings. The lowest BCUT2D eigenvalue weighted by Crippen LogP contribution is -2.59. The number of para-hydroxylation sites is 1. The van der Waals surface area contributed by atoms with Crippen LogP contribution in [0, 0.1) is 0 Å². The molecule has 0 saturated carbocycles. The predicted molar refractivity (Wildman–Crippen MR) is 99.6 cm³/mol. The summed E-state index contributed by atoms with van der Waals surface area (Å²) in [5.74, 6) is -0.401. The molecule has 0 unspecified atom stereocenters. The van der Waals surface area contributed by atoms with E-state index < -0.39 is 17.5 Å². The van der Waals surface area contributed by atoms with Crippen LogP contribution in [0.2, 0.25) is 0 Å². The Labute approximate surface area is 157 Å². The molecule has 3 atom stereocenters. The summed E-state index contributed by atoms with van der Waals surface area (Å²) < 4.78 is 0. The number of benzene rings is 1. The predicted octanol–water partition coefficient (Wildman–Crippen LogP) is 1.94. The van der Waals surface area contributed by atoms with Gasteiger partial charge in [-0.3, -0.25) is 19.3 Å². The van der Waals surface area contributed by atoms with Gasteiger partial charge < -0.3 is 10.2 Å². The van der Waals surface area contributed by atoms with Gasteiger partial charge in [0.2, 0.25) is 5.91 Å². The van der Waals surface area contributed by atoms with E-state index in [9.17, 15) is 14.4 Å². The summed E-state index contributed by atoms with van der Waals surface area (Å²) in [6, 6.07) is 6.59. The van der Waals surface area contributed by atoms with Gasteiger partial charge >= 0.3 is 0 Å². The normalized spacial score (nSPS) is 30.9. The molecule has 0 bridgehead atoms. The first-order chi connectivity index (χ1) is 12.9. The summed E-state index contributed by atoms with van der Waals surface area (Å²) in [7, 11) is 0. The topological polar surface area (TPSA) is 69.7 Å². The molecule has 4 aliphatic heterocycles. The van der Waals surface area contributed by atoms with Crippen LogP contribution in [0.15, 0.2) is 47.7 Å². The first-order valence-corrected chi connectivity index (χ1v) is 9.38. The third-order valence-electron chi connectivity index (χ3n) is 6.11. The molecule has 0 aliphatic carbocycles. The summed E-state index contributed by atoms with van der Waals surface area (Å²) in [4.78, 5) is 42.9.